The van der Waals surface area contributed by atoms with Crippen molar-refractivity contribution in [1.82, 2.24) is 19.9 Å². The van der Waals surface area contributed by atoms with E-state index < -0.39 is 0 Å². The fraction of sp³-hybridized carbons (Fsp3) is 0.0667. The van der Waals surface area contributed by atoms with Crippen LogP contribution in [0.5, 0.6) is 0 Å². The molecule has 3 aromatic rings. The molecule has 0 saturated carbocycles. The van der Waals surface area contributed by atoms with Crippen molar-refractivity contribution in [3.63, 3.8) is 0 Å². The van der Waals surface area contributed by atoms with Crippen molar-refractivity contribution in [2.45, 2.75) is 6.54 Å². The number of aromatic nitrogens is 4. The summed E-state index contributed by atoms with van der Waals surface area (Å²) in [5.41, 5.74) is 1.19. The van der Waals surface area contributed by atoms with Gasteiger partial charge in [-0.25, -0.2) is 19.9 Å². The molecule has 6 heteroatoms. The molecule has 0 saturated heterocycles. The predicted octanol–water partition coefficient (Wildman–Crippen LogP) is 2.62. The minimum atomic E-state index is 0.505. The van der Waals surface area contributed by atoms with E-state index in [1.54, 1.807) is 18.5 Å². The lowest BCUT2D eigenvalue weighted by molar-refractivity contribution is 1.07. The summed E-state index contributed by atoms with van der Waals surface area (Å²) >= 11 is 0. The highest BCUT2D eigenvalue weighted by molar-refractivity contribution is 5.52. The molecule has 0 amide bonds. The predicted molar refractivity (Wildman–Crippen MR) is 81.1 cm³/mol. The van der Waals surface area contributed by atoms with Crippen LogP contribution in [0.1, 0.15) is 5.56 Å². The number of nitrogens with one attached hydrogen (secondary N) is 2. The van der Waals surface area contributed by atoms with Gasteiger partial charge in [-0.3, -0.25) is 0 Å². The van der Waals surface area contributed by atoms with Crippen molar-refractivity contribution in [1.29, 1.82) is 0 Å². The lowest BCUT2D eigenvalue weighted by atomic mass is 10.2. The zero-order valence-electron chi connectivity index (χ0n) is 11.3. The molecule has 0 atom stereocenters. The van der Waals surface area contributed by atoms with Crippen LogP contribution in [0.15, 0.2) is 61.2 Å². The summed E-state index contributed by atoms with van der Waals surface area (Å²) in [6, 6.07) is 13.7. The Bertz CT molecular complexity index is 687. The van der Waals surface area contributed by atoms with Gasteiger partial charge in [-0.1, -0.05) is 30.3 Å². The second kappa shape index (κ2) is 6.42. The van der Waals surface area contributed by atoms with Gasteiger partial charge in [0.15, 0.2) is 0 Å². The second-order valence-electron chi connectivity index (χ2n) is 4.33. The van der Waals surface area contributed by atoms with Gasteiger partial charge in [0.1, 0.15) is 18.0 Å². The average Bonchev–Trinajstić information content (AvgIpc) is 2.55. The first-order valence-corrected chi connectivity index (χ1v) is 6.54. The third-order valence-electron chi connectivity index (χ3n) is 2.79. The molecule has 0 bridgehead atoms. The van der Waals surface area contributed by atoms with Gasteiger partial charge < -0.3 is 10.6 Å². The van der Waals surface area contributed by atoms with E-state index in [0.717, 1.165) is 5.82 Å². The molecule has 21 heavy (non-hydrogen) atoms. The van der Waals surface area contributed by atoms with Crippen LogP contribution in [0.4, 0.5) is 17.6 Å². The topological polar surface area (TPSA) is 75.6 Å². The smallest absolute Gasteiger partial charge is 0.228 e. The van der Waals surface area contributed by atoms with Gasteiger partial charge in [-0.2, -0.15) is 0 Å². The van der Waals surface area contributed by atoms with Gasteiger partial charge >= 0.3 is 0 Å². The Morgan fingerprint density at radius 3 is 2.38 bits per heavy atom. The quantitative estimate of drug-likeness (QED) is 0.747. The molecule has 3 rings (SSSR count). The molecule has 0 aliphatic heterocycles. The molecule has 2 aromatic heterocycles. The number of benzene rings is 1. The van der Waals surface area contributed by atoms with E-state index >= 15 is 0 Å². The Labute approximate surface area is 122 Å². The summed E-state index contributed by atoms with van der Waals surface area (Å²) in [5.74, 6) is 1.89. The summed E-state index contributed by atoms with van der Waals surface area (Å²) < 4.78 is 0. The fourth-order valence-electron chi connectivity index (χ4n) is 1.79. The molecular weight excluding hydrogens is 264 g/mol. The normalized spacial score (nSPS) is 10.1. The van der Waals surface area contributed by atoms with Crippen molar-refractivity contribution in [2.24, 2.45) is 0 Å². The van der Waals surface area contributed by atoms with E-state index in [4.69, 9.17) is 0 Å². The largest absolute Gasteiger partial charge is 0.366 e. The van der Waals surface area contributed by atoms with Crippen LogP contribution in [0, 0.1) is 0 Å². The molecule has 0 aliphatic carbocycles. The first-order valence-electron chi connectivity index (χ1n) is 6.54. The summed E-state index contributed by atoms with van der Waals surface area (Å²) in [7, 11) is 0. The maximum absolute atomic E-state index is 4.19. The number of nitrogens with zero attached hydrogens (tertiary/aromatic N) is 4. The van der Waals surface area contributed by atoms with Crippen LogP contribution in [0.3, 0.4) is 0 Å². The lowest BCUT2D eigenvalue weighted by Gasteiger charge is -2.07. The van der Waals surface area contributed by atoms with Crippen molar-refractivity contribution in [2.75, 3.05) is 10.6 Å². The third-order valence-corrected chi connectivity index (χ3v) is 2.79. The number of hydrogen-bond acceptors (Lipinski definition) is 6. The summed E-state index contributed by atoms with van der Waals surface area (Å²) in [4.78, 5) is 16.5. The van der Waals surface area contributed by atoms with Crippen molar-refractivity contribution in [3.8, 4) is 0 Å². The van der Waals surface area contributed by atoms with Crippen molar-refractivity contribution >= 4 is 17.6 Å². The molecule has 0 spiro atoms. The molecule has 6 nitrogen and oxygen atoms in total. The molecule has 0 aliphatic rings. The summed E-state index contributed by atoms with van der Waals surface area (Å²) in [6.45, 7) is 0.707. The van der Waals surface area contributed by atoms with Crippen molar-refractivity contribution < 1.29 is 0 Å². The van der Waals surface area contributed by atoms with Gasteiger partial charge in [0, 0.05) is 25.0 Å². The van der Waals surface area contributed by atoms with E-state index in [0.29, 0.717) is 18.3 Å². The Morgan fingerprint density at radius 1 is 0.810 bits per heavy atom. The van der Waals surface area contributed by atoms with Gasteiger partial charge in [-0.05, 0) is 11.6 Å². The monoisotopic (exact) mass is 278 g/mol. The SMILES string of the molecule is c1ccc(CNc2cc(Nc3ncccn3)ncn2)cc1. The first kappa shape index (κ1) is 13.0. The summed E-state index contributed by atoms with van der Waals surface area (Å²) in [5, 5.41) is 6.28. The van der Waals surface area contributed by atoms with E-state index in [9.17, 15) is 0 Å². The Hall–Kier alpha value is -3.02. The van der Waals surface area contributed by atoms with E-state index in [1.165, 1.54) is 11.9 Å². The average molecular weight is 278 g/mol. The maximum Gasteiger partial charge on any atom is 0.228 e. The summed E-state index contributed by atoms with van der Waals surface area (Å²) in [6.07, 6.45) is 4.84. The van der Waals surface area contributed by atoms with Crippen LogP contribution in [0.2, 0.25) is 0 Å². The van der Waals surface area contributed by atoms with Gasteiger partial charge in [0.25, 0.3) is 0 Å². The third kappa shape index (κ3) is 3.73. The standard InChI is InChI=1S/C15H14N6/c1-2-5-12(6-3-1)10-18-13-9-14(20-11-19-13)21-15-16-7-4-8-17-15/h1-9,11H,10H2,(H2,16,17,18,19,20,21). The van der Waals surface area contributed by atoms with Gasteiger partial charge in [-0.15, -0.1) is 0 Å². The first-order chi connectivity index (χ1) is 10.4. The highest BCUT2D eigenvalue weighted by Crippen LogP contribution is 2.13. The molecule has 2 heterocycles. The molecule has 2 N–H and O–H groups in total. The fourth-order valence-corrected chi connectivity index (χ4v) is 1.79. The number of hydrogen-bond donors (Lipinski definition) is 2. The molecular formula is C15H14N6. The lowest BCUT2D eigenvalue weighted by Crippen LogP contribution is -2.03. The number of anilines is 3. The van der Waals surface area contributed by atoms with Crippen LogP contribution in [0.25, 0.3) is 0 Å². The molecule has 0 radical (unpaired) electrons. The second-order valence-corrected chi connectivity index (χ2v) is 4.33. The van der Waals surface area contributed by atoms with Gasteiger partial charge in [0.05, 0.1) is 0 Å². The molecule has 1 aromatic carbocycles. The van der Waals surface area contributed by atoms with E-state index in [2.05, 4.69) is 42.7 Å². The van der Waals surface area contributed by atoms with Crippen LogP contribution in [-0.4, -0.2) is 19.9 Å². The van der Waals surface area contributed by atoms with Crippen molar-refractivity contribution in [3.05, 3.63) is 66.7 Å². The van der Waals surface area contributed by atoms with E-state index in [-0.39, 0.29) is 0 Å². The molecule has 0 unspecified atom stereocenters. The highest BCUT2D eigenvalue weighted by Gasteiger charge is 2.01. The Morgan fingerprint density at radius 2 is 1.57 bits per heavy atom. The van der Waals surface area contributed by atoms with Crippen LogP contribution >= 0.6 is 0 Å². The minimum Gasteiger partial charge on any atom is -0.366 e. The van der Waals surface area contributed by atoms with E-state index in [1.807, 2.05) is 24.3 Å². The van der Waals surface area contributed by atoms with Crippen LogP contribution < -0.4 is 10.6 Å². The Balaban J connectivity index is 1.66. The van der Waals surface area contributed by atoms with Crippen LogP contribution in [-0.2, 0) is 6.54 Å². The minimum absolute atomic E-state index is 0.505. The Kier molecular flexibility index (Phi) is 3.97. The molecule has 0 fully saturated rings. The number of rotatable bonds is 5. The highest BCUT2D eigenvalue weighted by atomic mass is 15.1. The van der Waals surface area contributed by atoms with Gasteiger partial charge in [0.2, 0.25) is 5.95 Å². The zero-order valence-corrected chi connectivity index (χ0v) is 11.3. The maximum atomic E-state index is 4.19. The zero-order chi connectivity index (χ0) is 14.3. The molecule has 104 valence electrons.